The van der Waals surface area contributed by atoms with Gasteiger partial charge in [-0.2, -0.15) is 0 Å². The number of hydrogen-bond donors (Lipinski definition) is 2. The van der Waals surface area contributed by atoms with E-state index >= 15 is 0 Å². The predicted octanol–water partition coefficient (Wildman–Crippen LogP) is 1.03. The van der Waals surface area contributed by atoms with Crippen molar-refractivity contribution in [2.45, 2.75) is 51.1 Å². The van der Waals surface area contributed by atoms with Gasteiger partial charge in [-0.05, 0) is 31.1 Å². The van der Waals surface area contributed by atoms with Gasteiger partial charge in [0.1, 0.15) is 0 Å². The second-order valence-corrected chi connectivity index (χ2v) is 4.78. The van der Waals surface area contributed by atoms with E-state index in [0.29, 0.717) is 18.4 Å². The van der Waals surface area contributed by atoms with Crippen LogP contribution in [0.3, 0.4) is 0 Å². The van der Waals surface area contributed by atoms with Gasteiger partial charge < -0.3 is 11.1 Å². The Balaban J connectivity index is 1.63. The number of carbonyl (C=O) groups excluding carboxylic acids is 1. The van der Waals surface area contributed by atoms with Crippen LogP contribution in [0.1, 0.15) is 39.0 Å². The van der Waals surface area contributed by atoms with E-state index in [1.54, 1.807) is 0 Å². The minimum absolute atomic E-state index is 0.105. The lowest BCUT2D eigenvalue weighted by molar-refractivity contribution is -0.121. The smallest absolute Gasteiger partial charge is 0.221 e. The minimum Gasteiger partial charge on any atom is -0.353 e. The molecule has 0 aliphatic heterocycles. The summed E-state index contributed by atoms with van der Waals surface area (Å²) < 4.78 is 0. The van der Waals surface area contributed by atoms with Crippen LogP contribution in [0.2, 0.25) is 0 Å². The van der Waals surface area contributed by atoms with Gasteiger partial charge in [0.15, 0.2) is 0 Å². The van der Waals surface area contributed by atoms with Crippen LogP contribution in [0.5, 0.6) is 0 Å². The molecular weight excluding hydrogens is 176 g/mol. The molecule has 3 unspecified atom stereocenters. The molecule has 0 aromatic heterocycles. The van der Waals surface area contributed by atoms with Crippen molar-refractivity contribution in [1.82, 2.24) is 5.32 Å². The van der Waals surface area contributed by atoms with Crippen molar-refractivity contribution in [2.24, 2.45) is 17.6 Å². The molecule has 0 saturated heterocycles. The van der Waals surface area contributed by atoms with Gasteiger partial charge in [0.05, 0.1) is 0 Å². The molecule has 3 heteroatoms. The largest absolute Gasteiger partial charge is 0.353 e. The first-order valence-corrected chi connectivity index (χ1v) is 5.75. The van der Waals surface area contributed by atoms with Crippen LogP contribution in [0.15, 0.2) is 0 Å². The van der Waals surface area contributed by atoms with Gasteiger partial charge in [-0.1, -0.05) is 13.3 Å². The highest BCUT2D eigenvalue weighted by Gasteiger charge is 2.37. The summed E-state index contributed by atoms with van der Waals surface area (Å²) in [5.41, 5.74) is 5.88. The monoisotopic (exact) mass is 196 g/mol. The van der Waals surface area contributed by atoms with E-state index in [9.17, 15) is 4.79 Å². The standard InChI is InChI=1S/C11H20N2O/c1-2-7-5-10(7)13-11(14)6-9(12)8-3-4-8/h7-10H,2-6,12H2,1H3,(H,13,14). The second kappa shape index (κ2) is 3.89. The van der Waals surface area contributed by atoms with E-state index in [-0.39, 0.29) is 11.9 Å². The summed E-state index contributed by atoms with van der Waals surface area (Å²) in [6, 6.07) is 0.563. The van der Waals surface area contributed by atoms with E-state index in [0.717, 1.165) is 5.92 Å². The van der Waals surface area contributed by atoms with Gasteiger partial charge in [0.2, 0.25) is 5.91 Å². The van der Waals surface area contributed by atoms with Crippen LogP contribution in [0.25, 0.3) is 0 Å². The van der Waals surface area contributed by atoms with Crippen molar-refractivity contribution in [3.63, 3.8) is 0 Å². The first-order valence-electron chi connectivity index (χ1n) is 5.75. The van der Waals surface area contributed by atoms with Crippen LogP contribution in [-0.4, -0.2) is 18.0 Å². The van der Waals surface area contributed by atoms with Gasteiger partial charge >= 0.3 is 0 Å². The molecule has 3 nitrogen and oxygen atoms in total. The van der Waals surface area contributed by atoms with Gasteiger partial charge in [-0.25, -0.2) is 0 Å². The van der Waals surface area contributed by atoms with Gasteiger partial charge in [0, 0.05) is 18.5 Å². The fourth-order valence-corrected chi connectivity index (χ4v) is 2.05. The van der Waals surface area contributed by atoms with Crippen LogP contribution in [0, 0.1) is 11.8 Å². The molecule has 3 atom stereocenters. The SMILES string of the molecule is CCC1CC1NC(=O)CC(N)C1CC1. The molecular formula is C11H20N2O. The maximum atomic E-state index is 11.5. The minimum atomic E-state index is 0.105. The molecule has 80 valence electrons. The van der Waals surface area contributed by atoms with E-state index in [1.165, 1.54) is 25.7 Å². The normalized spacial score (nSPS) is 32.4. The molecule has 0 bridgehead atoms. The van der Waals surface area contributed by atoms with Gasteiger partial charge in [-0.15, -0.1) is 0 Å². The summed E-state index contributed by atoms with van der Waals surface area (Å²) in [6.07, 6.45) is 5.31. The molecule has 0 radical (unpaired) electrons. The third-order valence-electron chi connectivity index (χ3n) is 3.44. The molecule has 0 spiro atoms. The Hall–Kier alpha value is -0.570. The molecule has 2 aliphatic carbocycles. The molecule has 1 amide bonds. The number of carbonyl (C=O) groups is 1. The lowest BCUT2D eigenvalue weighted by atomic mass is 10.1. The Bertz CT molecular complexity index is 225. The molecule has 2 saturated carbocycles. The van der Waals surface area contributed by atoms with E-state index < -0.39 is 0 Å². The van der Waals surface area contributed by atoms with Crippen LogP contribution in [-0.2, 0) is 4.79 Å². The highest BCUT2D eigenvalue weighted by Crippen LogP contribution is 2.34. The number of hydrogen-bond acceptors (Lipinski definition) is 2. The van der Waals surface area contributed by atoms with Crippen molar-refractivity contribution in [2.75, 3.05) is 0 Å². The highest BCUT2D eigenvalue weighted by molar-refractivity contribution is 5.77. The van der Waals surface area contributed by atoms with Crippen LogP contribution >= 0.6 is 0 Å². The first kappa shape index (κ1) is 9.97. The average Bonchev–Trinajstić information content (AvgIpc) is 2.99. The number of nitrogens with two attached hydrogens (primary N) is 1. The zero-order valence-electron chi connectivity index (χ0n) is 8.83. The Morgan fingerprint density at radius 1 is 1.57 bits per heavy atom. The Morgan fingerprint density at radius 3 is 2.79 bits per heavy atom. The van der Waals surface area contributed by atoms with Crippen molar-refractivity contribution in [3.05, 3.63) is 0 Å². The lowest BCUT2D eigenvalue weighted by Crippen LogP contribution is -2.34. The van der Waals surface area contributed by atoms with Crippen molar-refractivity contribution in [1.29, 1.82) is 0 Å². The molecule has 0 aromatic rings. The van der Waals surface area contributed by atoms with E-state index in [1.807, 2.05) is 0 Å². The second-order valence-electron chi connectivity index (χ2n) is 4.78. The number of amides is 1. The molecule has 2 aliphatic rings. The summed E-state index contributed by atoms with van der Waals surface area (Å²) in [7, 11) is 0. The fraction of sp³-hybridized carbons (Fsp3) is 0.909. The molecule has 3 N–H and O–H groups in total. The van der Waals surface area contributed by atoms with Crippen LogP contribution in [0.4, 0.5) is 0 Å². The highest BCUT2D eigenvalue weighted by atomic mass is 16.1. The lowest BCUT2D eigenvalue weighted by Gasteiger charge is -2.10. The van der Waals surface area contributed by atoms with Gasteiger partial charge in [-0.3, -0.25) is 4.79 Å². The van der Waals surface area contributed by atoms with Crippen LogP contribution < -0.4 is 11.1 Å². The summed E-state index contributed by atoms with van der Waals surface area (Å²) in [5.74, 6) is 1.52. The van der Waals surface area contributed by atoms with Gasteiger partial charge in [0.25, 0.3) is 0 Å². The quantitative estimate of drug-likeness (QED) is 0.690. The number of rotatable bonds is 5. The fourth-order valence-electron chi connectivity index (χ4n) is 2.05. The maximum Gasteiger partial charge on any atom is 0.221 e. The molecule has 0 aromatic carbocycles. The first-order chi connectivity index (χ1) is 6.70. The Morgan fingerprint density at radius 2 is 2.29 bits per heavy atom. The third kappa shape index (κ3) is 2.47. The summed E-state index contributed by atoms with van der Waals surface area (Å²) in [5, 5.41) is 3.05. The zero-order valence-corrected chi connectivity index (χ0v) is 8.83. The molecule has 0 heterocycles. The zero-order chi connectivity index (χ0) is 10.1. The maximum absolute atomic E-state index is 11.5. The topological polar surface area (TPSA) is 55.1 Å². The average molecular weight is 196 g/mol. The van der Waals surface area contributed by atoms with E-state index in [2.05, 4.69) is 12.2 Å². The summed E-state index contributed by atoms with van der Waals surface area (Å²) in [4.78, 5) is 11.5. The summed E-state index contributed by atoms with van der Waals surface area (Å²) >= 11 is 0. The molecule has 14 heavy (non-hydrogen) atoms. The molecule has 2 fully saturated rings. The van der Waals surface area contributed by atoms with Crippen molar-refractivity contribution in [3.8, 4) is 0 Å². The Kier molecular flexibility index (Phi) is 2.77. The molecule has 2 rings (SSSR count). The van der Waals surface area contributed by atoms with E-state index in [4.69, 9.17) is 5.73 Å². The Labute approximate surface area is 85.4 Å². The third-order valence-corrected chi connectivity index (χ3v) is 3.44. The van der Waals surface area contributed by atoms with Crippen molar-refractivity contribution >= 4 is 5.91 Å². The predicted molar refractivity (Wildman–Crippen MR) is 55.6 cm³/mol. The van der Waals surface area contributed by atoms with Crippen molar-refractivity contribution < 1.29 is 4.79 Å². The summed E-state index contributed by atoms with van der Waals surface area (Å²) in [6.45, 7) is 2.17. The number of nitrogens with one attached hydrogen (secondary N) is 1.